The van der Waals surface area contributed by atoms with Crippen LogP contribution in [-0.2, 0) is 9.47 Å². The number of fused-ring (bicyclic) bond motifs is 1. The standard InChI is InChI=1S/C17H18FIN4O5/c18-12-11(17(28-16(25)26)3-1-2-4-17)9(6-24)27-15(12)23-5-8(19)10-13(20)21-7-22-14(10)23/h1-2,5,7,9,11-12,15,24H,3-4,6H2,(H,25,26)(H2,20,21,22)/t9-,11-,12-,15+/m0/s1. The Morgan fingerprint density at radius 1 is 1.46 bits per heavy atom. The maximum absolute atomic E-state index is 15.7. The molecule has 4 N–H and O–H groups in total. The number of hydrogen-bond acceptors (Lipinski definition) is 7. The molecule has 0 aromatic carbocycles. The fourth-order valence-electron chi connectivity index (χ4n) is 4.23. The zero-order valence-electron chi connectivity index (χ0n) is 14.5. The van der Waals surface area contributed by atoms with Gasteiger partial charge < -0.3 is 30.0 Å². The Bertz CT molecular complexity index is 943. The molecule has 0 amide bonds. The van der Waals surface area contributed by atoms with E-state index < -0.39 is 42.8 Å². The molecule has 11 heteroatoms. The summed E-state index contributed by atoms with van der Waals surface area (Å²) >= 11 is 2.05. The lowest BCUT2D eigenvalue weighted by Gasteiger charge is -2.36. The normalized spacial score (nSPS) is 28.8. The van der Waals surface area contributed by atoms with Crippen LogP contribution in [0.25, 0.3) is 11.0 Å². The largest absolute Gasteiger partial charge is 0.506 e. The number of nitrogen functional groups attached to an aromatic ring is 1. The quantitative estimate of drug-likeness (QED) is 0.328. The van der Waals surface area contributed by atoms with Crippen molar-refractivity contribution in [3.8, 4) is 0 Å². The molecule has 0 radical (unpaired) electrons. The van der Waals surface area contributed by atoms with Gasteiger partial charge in [-0.25, -0.2) is 19.2 Å². The van der Waals surface area contributed by atoms with E-state index in [9.17, 15) is 15.0 Å². The van der Waals surface area contributed by atoms with Gasteiger partial charge in [-0.2, -0.15) is 0 Å². The van der Waals surface area contributed by atoms with Gasteiger partial charge in [-0.15, -0.1) is 0 Å². The Morgan fingerprint density at radius 2 is 2.18 bits per heavy atom. The SMILES string of the molecule is Nc1ncnc2c1c(I)cn2[C@@H]1O[C@@H](CO)[C@H](C2(OC(=O)O)CC=CC2)[C@@H]1F. The lowest BCUT2D eigenvalue weighted by Crippen LogP contribution is -2.48. The highest BCUT2D eigenvalue weighted by Gasteiger charge is 2.58. The van der Waals surface area contributed by atoms with Crippen molar-refractivity contribution in [3.63, 3.8) is 0 Å². The summed E-state index contributed by atoms with van der Waals surface area (Å²) in [5, 5.41) is 19.6. The van der Waals surface area contributed by atoms with Gasteiger partial charge in [0, 0.05) is 22.6 Å². The summed E-state index contributed by atoms with van der Waals surface area (Å²) in [5.41, 5.74) is 5.00. The predicted octanol–water partition coefficient (Wildman–Crippen LogP) is 2.25. The van der Waals surface area contributed by atoms with E-state index in [0.717, 1.165) is 3.57 Å². The van der Waals surface area contributed by atoms with Crippen LogP contribution in [0.2, 0.25) is 0 Å². The van der Waals surface area contributed by atoms with Crippen molar-refractivity contribution in [1.29, 1.82) is 0 Å². The van der Waals surface area contributed by atoms with Gasteiger partial charge in [0.25, 0.3) is 0 Å². The number of rotatable bonds is 4. The maximum atomic E-state index is 15.7. The first kappa shape index (κ1) is 19.3. The molecule has 150 valence electrons. The Balaban J connectivity index is 1.76. The number of carbonyl (C=O) groups is 1. The van der Waals surface area contributed by atoms with Crippen molar-refractivity contribution in [2.45, 2.75) is 36.9 Å². The number of aliphatic hydroxyl groups excluding tert-OH is 1. The van der Waals surface area contributed by atoms with Crippen LogP contribution in [0.3, 0.4) is 0 Å². The third-order valence-corrected chi connectivity index (χ3v) is 6.19. The molecule has 0 bridgehead atoms. The first-order valence-electron chi connectivity index (χ1n) is 8.62. The van der Waals surface area contributed by atoms with Crippen molar-refractivity contribution >= 4 is 45.6 Å². The second-order valence-electron chi connectivity index (χ2n) is 6.87. The molecule has 2 aliphatic rings. The zero-order chi connectivity index (χ0) is 20.1. The van der Waals surface area contributed by atoms with E-state index in [2.05, 4.69) is 32.6 Å². The summed E-state index contributed by atoms with van der Waals surface area (Å²) < 4.78 is 28.9. The highest BCUT2D eigenvalue weighted by Crippen LogP contribution is 2.49. The Labute approximate surface area is 172 Å². The molecule has 2 aromatic rings. The minimum absolute atomic E-state index is 0.218. The summed E-state index contributed by atoms with van der Waals surface area (Å²) in [6, 6.07) is 0. The second-order valence-corrected chi connectivity index (χ2v) is 8.03. The molecule has 3 heterocycles. The summed E-state index contributed by atoms with van der Waals surface area (Å²) in [4.78, 5) is 19.4. The molecular formula is C17H18FIN4O5. The molecular weight excluding hydrogens is 486 g/mol. The summed E-state index contributed by atoms with van der Waals surface area (Å²) in [6.07, 6.45) is 1.69. The van der Waals surface area contributed by atoms with Gasteiger partial charge in [0.2, 0.25) is 0 Å². The first-order valence-corrected chi connectivity index (χ1v) is 9.69. The number of aliphatic hydroxyl groups is 1. The number of hydrogen-bond donors (Lipinski definition) is 3. The summed E-state index contributed by atoms with van der Waals surface area (Å²) in [6.45, 7) is -0.472. The summed E-state index contributed by atoms with van der Waals surface area (Å²) in [7, 11) is 0. The van der Waals surface area contributed by atoms with Crippen LogP contribution >= 0.6 is 22.6 Å². The average Bonchev–Trinajstić information content (AvgIpc) is 3.32. The van der Waals surface area contributed by atoms with E-state index in [4.69, 9.17) is 15.2 Å². The van der Waals surface area contributed by atoms with E-state index in [1.807, 2.05) is 0 Å². The fraction of sp³-hybridized carbons (Fsp3) is 0.471. The monoisotopic (exact) mass is 504 g/mol. The Hall–Kier alpha value is -1.99. The molecule has 0 unspecified atom stereocenters. The lowest BCUT2D eigenvalue weighted by atomic mass is 9.79. The number of nitrogens with two attached hydrogens (primary N) is 1. The van der Waals surface area contributed by atoms with Gasteiger partial charge in [-0.05, 0) is 22.6 Å². The number of carboxylic acid groups (broad SMARTS) is 1. The van der Waals surface area contributed by atoms with Gasteiger partial charge in [0.15, 0.2) is 12.4 Å². The number of aromatic nitrogens is 3. The molecule has 0 spiro atoms. The van der Waals surface area contributed by atoms with Crippen molar-refractivity contribution < 1.29 is 28.9 Å². The highest BCUT2D eigenvalue weighted by molar-refractivity contribution is 14.1. The van der Waals surface area contributed by atoms with Crippen molar-refractivity contribution in [2.24, 2.45) is 5.92 Å². The van der Waals surface area contributed by atoms with Crippen LogP contribution < -0.4 is 5.73 Å². The molecule has 9 nitrogen and oxygen atoms in total. The number of anilines is 1. The van der Waals surface area contributed by atoms with Gasteiger partial charge in [-0.1, -0.05) is 12.2 Å². The van der Waals surface area contributed by atoms with Crippen LogP contribution in [0.4, 0.5) is 15.0 Å². The Morgan fingerprint density at radius 3 is 2.82 bits per heavy atom. The minimum Gasteiger partial charge on any atom is -0.450 e. The lowest BCUT2D eigenvalue weighted by molar-refractivity contribution is -0.0902. The molecule has 1 saturated heterocycles. The van der Waals surface area contributed by atoms with Crippen LogP contribution in [0.5, 0.6) is 0 Å². The number of ether oxygens (including phenoxy) is 2. The van der Waals surface area contributed by atoms with Crippen LogP contribution in [0.1, 0.15) is 19.1 Å². The second kappa shape index (κ2) is 7.12. The van der Waals surface area contributed by atoms with E-state index in [1.165, 1.54) is 10.9 Å². The third kappa shape index (κ3) is 2.92. The first-order chi connectivity index (χ1) is 13.4. The molecule has 28 heavy (non-hydrogen) atoms. The van der Waals surface area contributed by atoms with Crippen LogP contribution in [0.15, 0.2) is 24.7 Å². The van der Waals surface area contributed by atoms with Crippen LogP contribution in [0, 0.1) is 9.49 Å². The average molecular weight is 504 g/mol. The number of alkyl halides is 1. The van der Waals surface area contributed by atoms with E-state index >= 15 is 4.39 Å². The molecule has 4 rings (SSSR count). The van der Waals surface area contributed by atoms with Crippen molar-refractivity contribution in [2.75, 3.05) is 12.3 Å². The Kier molecular flexibility index (Phi) is 4.91. The van der Waals surface area contributed by atoms with Gasteiger partial charge >= 0.3 is 6.16 Å². The summed E-state index contributed by atoms with van der Waals surface area (Å²) in [5.74, 6) is -0.717. The zero-order valence-corrected chi connectivity index (χ0v) is 16.7. The van der Waals surface area contributed by atoms with Gasteiger partial charge in [-0.3, -0.25) is 0 Å². The van der Waals surface area contributed by atoms with Gasteiger partial charge in [0.05, 0.1) is 24.0 Å². The van der Waals surface area contributed by atoms with E-state index in [1.54, 1.807) is 18.3 Å². The highest BCUT2D eigenvalue weighted by atomic mass is 127. The van der Waals surface area contributed by atoms with E-state index in [-0.39, 0.29) is 18.7 Å². The minimum atomic E-state index is -1.64. The molecule has 2 aromatic heterocycles. The van der Waals surface area contributed by atoms with E-state index in [0.29, 0.717) is 11.0 Å². The topological polar surface area (TPSA) is 133 Å². The van der Waals surface area contributed by atoms with Crippen molar-refractivity contribution in [3.05, 3.63) is 28.2 Å². The van der Waals surface area contributed by atoms with Crippen molar-refractivity contribution in [1.82, 2.24) is 14.5 Å². The fourth-order valence-corrected chi connectivity index (χ4v) is 5.05. The number of nitrogens with zero attached hydrogens (tertiary/aromatic N) is 3. The smallest absolute Gasteiger partial charge is 0.450 e. The third-order valence-electron chi connectivity index (χ3n) is 5.37. The van der Waals surface area contributed by atoms with Gasteiger partial charge in [0.1, 0.15) is 23.4 Å². The molecule has 1 aliphatic heterocycles. The maximum Gasteiger partial charge on any atom is 0.506 e. The number of halogens is 2. The van der Waals surface area contributed by atoms with Crippen LogP contribution in [-0.4, -0.2) is 55.4 Å². The molecule has 4 atom stereocenters. The molecule has 0 saturated carbocycles. The predicted molar refractivity (Wildman–Crippen MR) is 104 cm³/mol. The molecule has 1 aliphatic carbocycles. The molecule has 1 fully saturated rings.